The van der Waals surface area contributed by atoms with Gasteiger partial charge in [-0.05, 0) is 18.6 Å². The lowest BCUT2D eigenvalue weighted by atomic mass is 10.1. The molecule has 0 bridgehead atoms. The molecule has 3 aromatic rings. The SMILES string of the molecule is Cc1ccc(-c2cnn3c(N4CCOCC4)ccnc23)cc1. The van der Waals surface area contributed by atoms with Gasteiger partial charge >= 0.3 is 0 Å². The molecule has 5 heteroatoms. The Bertz CT molecular complexity index is 788. The molecule has 1 fully saturated rings. The first-order valence-corrected chi connectivity index (χ1v) is 7.55. The van der Waals surface area contributed by atoms with Crippen LogP contribution in [0.15, 0.2) is 42.7 Å². The molecule has 5 nitrogen and oxygen atoms in total. The topological polar surface area (TPSA) is 42.7 Å². The molecule has 1 saturated heterocycles. The van der Waals surface area contributed by atoms with Crippen LogP contribution in [0.4, 0.5) is 5.82 Å². The molecule has 0 radical (unpaired) electrons. The zero-order valence-corrected chi connectivity index (χ0v) is 12.6. The van der Waals surface area contributed by atoms with Crippen LogP contribution < -0.4 is 4.90 Å². The number of ether oxygens (including phenoxy) is 1. The predicted octanol–water partition coefficient (Wildman–Crippen LogP) is 2.54. The maximum absolute atomic E-state index is 5.43. The third-order valence-corrected chi connectivity index (χ3v) is 4.08. The Labute approximate surface area is 129 Å². The van der Waals surface area contributed by atoms with Gasteiger partial charge in [-0.1, -0.05) is 29.8 Å². The van der Waals surface area contributed by atoms with E-state index in [2.05, 4.69) is 46.2 Å². The molecule has 112 valence electrons. The van der Waals surface area contributed by atoms with E-state index in [-0.39, 0.29) is 0 Å². The standard InChI is InChI=1S/C17H18N4O/c1-13-2-4-14(5-3-13)15-12-19-21-16(6-7-18-17(15)21)20-8-10-22-11-9-20/h2-7,12H,8-11H2,1H3. The van der Waals surface area contributed by atoms with Gasteiger partial charge in [-0.3, -0.25) is 0 Å². The molecule has 22 heavy (non-hydrogen) atoms. The largest absolute Gasteiger partial charge is 0.378 e. The minimum Gasteiger partial charge on any atom is -0.378 e. The number of benzene rings is 1. The van der Waals surface area contributed by atoms with Gasteiger partial charge in [0.1, 0.15) is 5.82 Å². The van der Waals surface area contributed by atoms with E-state index in [1.807, 2.05) is 23.0 Å². The third kappa shape index (κ3) is 2.23. The lowest BCUT2D eigenvalue weighted by Gasteiger charge is -2.28. The van der Waals surface area contributed by atoms with Crippen molar-refractivity contribution >= 4 is 11.5 Å². The first-order valence-electron chi connectivity index (χ1n) is 7.55. The van der Waals surface area contributed by atoms with E-state index in [1.54, 1.807) is 0 Å². The summed E-state index contributed by atoms with van der Waals surface area (Å²) in [7, 11) is 0. The van der Waals surface area contributed by atoms with E-state index in [0.29, 0.717) is 0 Å². The van der Waals surface area contributed by atoms with Crippen LogP contribution in [0.25, 0.3) is 16.8 Å². The van der Waals surface area contributed by atoms with Crippen molar-refractivity contribution in [1.82, 2.24) is 14.6 Å². The molecule has 0 saturated carbocycles. The number of aryl methyl sites for hydroxylation is 1. The summed E-state index contributed by atoms with van der Waals surface area (Å²) in [5.74, 6) is 1.08. The second-order valence-corrected chi connectivity index (χ2v) is 5.56. The number of rotatable bonds is 2. The van der Waals surface area contributed by atoms with E-state index >= 15 is 0 Å². The van der Waals surface area contributed by atoms with Crippen LogP contribution >= 0.6 is 0 Å². The molecule has 0 N–H and O–H groups in total. The number of hydrogen-bond donors (Lipinski definition) is 0. The first kappa shape index (κ1) is 13.3. The Balaban J connectivity index is 1.80. The molecule has 1 aliphatic heterocycles. The van der Waals surface area contributed by atoms with Crippen LogP contribution in [0.1, 0.15) is 5.56 Å². The molecule has 4 rings (SSSR count). The quantitative estimate of drug-likeness (QED) is 0.728. The predicted molar refractivity (Wildman–Crippen MR) is 86.2 cm³/mol. The number of aromatic nitrogens is 3. The van der Waals surface area contributed by atoms with E-state index in [1.165, 1.54) is 5.56 Å². The fourth-order valence-corrected chi connectivity index (χ4v) is 2.85. The van der Waals surface area contributed by atoms with Crippen LogP contribution in [0.5, 0.6) is 0 Å². The van der Waals surface area contributed by atoms with Crippen LogP contribution in [0.3, 0.4) is 0 Å². The maximum atomic E-state index is 5.43. The summed E-state index contributed by atoms with van der Waals surface area (Å²) in [4.78, 5) is 6.83. The summed E-state index contributed by atoms with van der Waals surface area (Å²) in [6.07, 6.45) is 3.76. The lowest BCUT2D eigenvalue weighted by molar-refractivity contribution is 0.122. The summed E-state index contributed by atoms with van der Waals surface area (Å²) in [6, 6.07) is 10.5. The molecule has 2 aromatic heterocycles. The number of nitrogens with zero attached hydrogens (tertiary/aromatic N) is 4. The highest BCUT2D eigenvalue weighted by Crippen LogP contribution is 2.26. The van der Waals surface area contributed by atoms with Crippen LogP contribution in [-0.4, -0.2) is 40.9 Å². The molecule has 0 unspecified atom stereocenters. The van der Waals surface area contributed by atoms with Crippen molar-refractivity contribution in [3.8, 4) is 11.1 Å². The summed E-state index contributed by atoms with van der Waals surface area (Å²) >= 11 is 0. The zero-order valence-electron chi connectivity index (χ0n) is 12.6. The molecule has 3 heterocycles. The monoisotopic (exact) mass is 294 g/mol. The second kappa shape index (κ2) is 5.42. The molecular weight excluding hydrogens is 276 g/mol. The molecule has 0 atom stereocenters. The average Bonchev–Trinajstić information content (AvgIpc) is 3.00. The minimum absolute atomic E-state index is 0.760. The Kier molecular flexibility index (Phi) is 3.27. The van der Waals surface area contributed by atoms with Crippen molar-refractivity contribution in [2.45, 2.75) is 6.92 Å². The minimum atomic E-state index is 0.760. The van der Waals surface area contributed by atoms with E-state index in [9.17, 15) is 0 Å². The van der Waals surface area contributed by atoms with E-state index in [4.69, 9.17) is 4.74 Å². The fourth-order valence-electron chi connectivity index (χ4n) is 2.85. The molecule has 1 aromatic carbocycles. The normalized spacial score (nSPS) is 15.4. The smallest absolute Gasteiger partial charge is 0.165 e. The highest BCUT2D eigenvalue weighted by Gasteiger charge is 2.17. The van der Waals surface area contributed by atoms with Crippen molar-refractivity contribution in [2.24, 2.45) is 0 Å². The third-order valence-electron chi connectivity index (χ3n) is 4.08. The van der Waals surface area contributed by atoms with Gasteiger partial charge in [0.15, 0.2) is 5.65 Å². The van der Waals surface area contributed by atoms with Gasteiger partial charge in [0, 0.05) is 24.8 Å². The zero-order chi connectivity index (χ0) is 14.9. The van der Waals surface area contributed by atoms with Gasteiger partial charge in [0.05, 0.1) is 19.4 Å². The van der Waals surface area contributed by atoms with Gasteiger partial charge < -0.3 is 9.64 Å². The summed E-state index contributed by atoms with van der Waals surface area (Å²) in [5.41, 5.74) is 4.36. The van der Waals surface area contributed by atoms with Gasteiger partial charge in [-0.25, -0.2) is 4.98 Å². The van der Waals surface area contributed by atoms with Crippen molar-refractivity contribution in [3.05, 3.63) is 48.3 Å². The van der Waals surface area contributed by atoms with Crippen molar-refractivity contribution in [2.75, 3.05) is 31.2 Å². The average molecular weight is 294 g/mol. The van der Waals surface area contributed by atoms with Crippen LogP contribution in [-0.2, 0) is 4.74 Å². The highest BCUT2D eigenvalue weighted by atomic mass is 16.5. The summed E-state index contributed by atoms with van der Waals surface area (Å²) in [6.45, 7) is 5.39. The van der Waals surface area contributed by atoms with Gasteiger partial charge in [0.2, 0.25) is 0 Å². The second-order valence-electron chi connectivity index (χ2n) is 5.56. The van der Waals surface area contributed by atoms with Crippen molar-refractivity contribution in [1.29, 1.82) is 0 Å². The van der Waals surface area contributed by atoms with Crippen LogP contribution in [0.2, 0.25) is 0 Å². The van der Waals surface area contributed by atoms with E-state index in [0.717, 1.165) is 48.9 Å². The van der Waals surface area contributed by atoms with E-state index < -0.39 is 0 Å². The van der Waals surface area contributed by atoms with Gasteiger partial charge in [0.25, 0.3) is 0 Å². The Morgan fingerprint density at radius 3 is 2.59 bits per heavy atom. The Morgan fingerprint density at radius 1 is 1.05 bits per heavy atom. The van der Waals surface area contributed by atoms with Crippen molar-refractivity contribution < 1.29 is 4.74 Å². The summed E-state index contributed by atoms with van der Waals surface area (Å²) < 4.78 is 7.36. The number of fused-ring (bicyclic) bond motifs is 1. The Morgan fingerprint density at radius 2 is 1.82 bits per heavy atom. The van der Waals surface area contributed by atoms with Crippen LogP contribution in [0, 0.1) is 6.92 Å². The molecule has 0 spiro atoms. The van der Waals surface area contributed by atoms with Gasteiger partial charge in [-0.2, -0.15) is 9.61 Å². The summed E-state index contributed by atoms with van der Waals surface area (Å²) in [5, 5.41) is 4.56. The van der Waals surface area contributed by atoms with Gasteiger partial charge in [-0.15, -0.1) is 0 Å². The first-order chi connectivity index (χ1) is 10.8. The molecular formula is C17H18N4O. The molecule has 0 amide bonds. The number of anilines is 1. The number of morpholine rings is 1. The molecule has 0 aliphatic carbocycles. The number of hydrogen-bond acceptors (Lipinski definition) is 4. The lowest BCUT2D eigenvalue weighted by Crippen LogP contribution is -2.37. The highest BCUT2D eigenvalue weighted by molar-refractivity contribution is 5.78. The maximum Gasteiger partial charge on any atom is 0.165 e. The van der Waals surface area contributed by atoms with Crippen molar-refractivity contribution in [3.63, 3.8) is 0 Å². The molecule has 1 aliphatic rings. The Hall–Kier alpha value is -2.40. The fraction of sp³-hybridized carbons (Fsp3) is 0.294.